The minimum atomic E-state index is -4.39. The molecule has 0 heterocycles. The standard InChI is InChI=1S/C20H24F3NO3/c1-4-26-16-7-5-6-8-17(16)27-19(18(25-3)13-24-2)14-9-11-15(12-10-14)20(21,22)23/h5-12,18-19,24H,4,13H2,1-3H3. The van der Waals surface area contributed by atoms with Gasteiger partial charge in [0.15, 0.2) is 17.6 Å². The number of para-hydroxylation sites is 2. The molecule has 0 aliphatic heterocycles. The molecule has 0 fully saturated rings. The van der Waals surface area contributed by atoms with Gasteiger partial charge < -0.3 is 19.5 Å². The number of methoxy groups -OCH3 is 1. The van der Waals surface area contributed by atoms with Crippen LogP contribution in [0, 0.1) is 0 Å². The summed E-state index contributed by atoms with van der Waals surface area (Å²) in [6, 6.07) is 12.1. The van der Waals surface area contributed by atoms with Crippen LogP contribution in [-0.4, -0.2) is 33.4 Å². The molecular weight excluding hydrogens is 359 g/mol. The minimum absolute atomic E-state index is 0.415. The smallest absolute Gasteiger partial charge is 0.416 e. The Kier molecular flexibility index (Phi) is 7.50. The summed E-state index contributed by atoms with van der Waals surface area (Å²) >= 11 is 0. The maximum atomic E-state index is 12.9. The van der Waals surface area contributed by atoms with Crippen LogP contribution in [0.4, 0.5) is 13.2 Å². The second-order valence-corrected chi connectivity index (χ2v) is 5.87. The first-order valence-electron chi connectivity index (χ1n) is 8.63. The Morgan fingerprint density at radius 3 is 2.15 bits per heavy atom. The van der Waals surface area contributed by atoms with Crippen molar-refractivity contribution in [2.45, 2.75) is 25.3 Å². The van der Waals surface area contributed by atoms with Crippen LogP contribution in [0.1, 0.15) is 24.2 Å². The van der Waals surface area contributed by atoms with Gasteiger partial charge in [0.2, 0.25) is 0 Å². The van der Waals surface area contributed by atoms with Crippen molar-refractivity contribution < 1.29 is 27.4 Å². The molecule has 2 aromatic rings. The molecule has 0 aromatic heterocycles. The summed E-state index contributed by atoms with van der Waals surface area (Å²) in [4.78, 5) is 0. The molecule has 2 aromatic carbocycles. The lowest BCUT2D eigenvalue weighted by Crippen LogP contribution is -2.34. The fraction of sp³-hybridized carbons (Fsp3) is 0.400. The summed E-state index contributed by atoms with van der Waals surface area (Å²) in [5.74, 6) is 1.07. The average Bonchev–Trinajstić information content (AvgIpc) is 2.65. The van der Waals surface area contributed by atoms with Gasteiger partial charge in [0.25, 0.3) is 0 Å². The molecule has 0 aliphatic rings. The van der Waals surface area contributed by atoms with E-state index in [0.29, 0.717) is 30.2 Å². The van der Waals surface area contributed by atoms with E-state index in [1.807, 2.05) is 19.1 Å². The molecule has 148 valence electrons. The highest BCUT2D eigenvalue weighted by Gasteiger charge is 2.31. The normalized spacial score (nSPS) is 13.9. The van der Waals surface area contributed by atoms with Crippen LogP contribution in [0.25, 0.3) is 0 Å². The van der Waals surface area contributed by atoms with Gasteiger partial charge in [-0.15, -0.1) is 0 Å². The van der Waals surface area contributed by atoms with Gasteiger partial charge in [0.05, 0.1) is 12.2 Å². The number of rotatable bonds is 9. The number of likely N-dealkylation sites (N-methyl/N-ethyl adjacent to an activating group) is 1. The average molecular weight is 383 g/mol. The third kappa shape index (κ3) is 5.61. The lowest BCUT2D eigenvalue weighted by atomic mass is 10.0. The minimum Gasteiger partial charge on any atom is -0.490 e. The van der Waals surface area contributed by atoms with Gasteiger partial charge in [-0.25, -0.2) is 0 Å². The maximum absolute atomic E-state index is 12.9. The molecule has 0 amide bonds. The van der Waals surface area contributed by atoms with Crippen LogP contribution in [0.3, 0.4) is 0 Å². The van der Waals surface area contributed by atoms with Gasteiger partial charge in [0.1, 0.15) is 6.10 Å². The van der Waals surface area contributed by atoms with Crippen LogP contribution >= 0.6 is 0 Å². The van der Waals surface area contributed by atoms with Gasteiger partial charge in [-0.1, -0.05) is 24.3 Å². The second-order valence-electron chi connectivity index (χ2n) is 5.87. The van der Waals surface area contributed by atoms with E-state index in [2.05, 4.69) is 5.32 Å². The molecule has 0 saturated carbocycles. The first-order chi connectivity index (χ1) is 12.9. The molecule has 2 rings (SSSR count). The Bertz CT molecular complexity index is 704. The molecule has 0 aliphatic carbocycles. The fourth-order valence-electron chi connectivity index (χ4n) is 2.69. The molecule has 0 saturated heterocycles. The van der Waals surface area contributed by atoms with Crippen molar-refractivity contribution in [2.24, 2.45) is 0 Å². The lowest BCUT2D eigenvalue weighted by molar-refractivity contribution is -0.137. The highest BCUT2D eigenvalue weighted by molar-refractivity contribution is 5.40. The van der Waals surface area contributed by atoms with Crippen molar-refractivity contribution >= 4 is 0 Å². The monoisotopic (exact) mass is 383 g/mol. The lowest BCUT2D eigenvalue weighted by Gasteiger charge is -2.28. The Morgan fingerprint density at radius 1 is 1.00 bits per heavy atom. The molecule has 7 heteroatoms. The van der Waals surface area contributed by atoms with E-state index < -0.39 is 23.9 Å². The van der Waals surface area contributed by atoms with Crippen LogP contribution in [0.5, 0.6) is 11.5 Å². The van der Waals surface area contributed by atoms with E-state index >= 15 is 0 Å². The Morgan fingerprint density at radius 2 is 1.63 bits per heavy atom. The van der Waals surface area contributed by atoms with Crippen molar-refractivity contribution in [1.29, 1.82) is 0 Å². The van der Waals surface area contributed by atoms with E-state index in [0.717, 1.165) is 12.1 Å². The molecule has 4 nitrogen and oxygen atoms in total. The number of ether oxygens (including phenoxy) is 3. The SMILES string of the molecule is CCOc1ccccc1OC(c1ccc(C(F)(F)F)cc1)C(CNC)OC. The zero-order valence-electron chi connectivity index (χ0n) is 15.5. The largest absolute Gasteiger partial charge is 0.490 e. The summed E-state index contributed by atoms with van der Waals surface area (Å²) in [6.45, 7) is 2.79. The predicted octanol–water partition coefficient (Wildman–Crippen LogP) is 4.46. The van der Waals surface area contributed by atoms with E-state index in [1.165, 1.54) is 19.2 Å². The zero-order chi connectivity index (χ0) is 19.9. The van der Waals surface area contributed by atoms with Crippen molar-refractivity contribution in [1.82, 2.24) is 5.32 Å². The van der Waals surface area contributed by atoms with Gasteiger partial charge in [-0.2, -0.15) is 13.2 Å². The third-order valence-corrected chi connectivity index (χ3v) is 4.02. The maximum Gasteiger partial charge on any atom is 0.416 e. The van der Waals surface area contributed by atoms with Crippen LogP contribution in [0.2, 0.25) is 0 Å². The quantitative estimate of drug-likeness (QED) is 0.694. The first kappa shape index (κ1) is 21.1. The molecule has 2 unspecified atom stereocenters. The van der Waals surface area contributed by atoms with Crippen molar-refractivity contribution in [3.8, 4) is 11.5 Å². The van der Waals surface area contributed by atoms with Crippen LogP contribution in [-0.2, 0) is 10.9 Å². The van der Waals surface area contributed by atoms with E-state index in [-0.39, 0.29) is 0 Å². The van der Waals surface area contributed by atoms with E-state index in [1.54, 1.807) is 19.2 Å². The number of halogens is 3. The topological polar surface area (TPSA) is 39.7 Å². The van der Waals surface area contributed by atoms with Crippen molar-refractivity contribution in [2.75, 3.05) is 27.3 Å². The fourth-order valence-corrected chi connectivity index (χ4v) is 2.69. The molecule has 27 heavy (non-hydrogen) atoms. The Hall–Kier alpha value is -2.25. The molecule has 0 spiro atoms. The second kappa shape index (κ2) is 9.62. The molecule has 1 N–H and O–H groups in total. The summed E-state index contributed by atoms with van der Waals surface area (Å²) in [6.07, 6.45) is -5.42. The van der Waals surface area contributed by atoms with E-state index in [9.17, 15) is 13.2 Å². The molecule has 0 bridgehead atoms. The molecular formula is C20H24F3NO3. The Balaban J connectivity index is 2.37. The highest BCUT2D eigenvalue weighted by atomic mass is 19.4. The number of benzene rings is 2. The van der Waals surface area contributed by atoms with Crippen LogP contribution in [0.15, 0.2) is 48.5 Å². The summed E-state index contributed by atoms with van der Waals surface area (Å²) < 4.78 is 55.9. The molecule has 0 radical (unpaired) electrons. The van der Waals surface area contributed by atoms with Crippen molar-refractivity contribution in [3.05, 3.63) is 59.7 Å². The summed E-state index contributed by atoms with van der Waals surface area (Å²) in [7, 11) is 3.31. The van der Waals surface area contributed by atoms with Gasteiger partial charge >= 0.3 is 6.18 Å². The molecule has 2 atom stereocenters. The number of alkyl halides is 3. The third-order valence-electron chi connectivity index (χ3n) is 4.02. The van der Waals surface area contributed by atoms with Crippen molar-refractivity contribution in [3.63, 3.8) is 0 Å². The highest BCUT2D eigenvalue weighted by Crippen LogP contribution is 2.35. The van der Waals surface area contributed by atoms with Gasteiger partial charge in [-0.05, 0) is 43.8 Å². The summed E-state index contributed by atoms with van der Waals surface area (Å²) in [5.41, 5.74) is -0.126. The summed E-state index contributed by atoms with van der Waals surface area (Å²) in [5, 5.41) is 3.01. The van der Waals surface area contributed by atoms with Gasteiger partial charge in [-0.3, -0.25) is 0 Å². The first-order valence-corrected chi connectivity index (χ1v) is 8.63. The number of hydrogen-bond acceptors (Lipinski definition) is 4. The van der Waals surface area contributed by atoms with Gasteiger partial charge in [0, 0.05) is 13.7 Å². The zero-order valence-corrected chi connectivity index (χ0v) is 15.5. The number of hydrogen-bond donors (Lipinski definition) is 1. The van der Waals surface area contributed by atoms with Crippen LogP contribution < -0.4 is 14.8 Å². The predicted molar refractivity (Wildman–Crippen MR) is 97.1 cm³/mol. The van der Waals surface area contributed by atoms with E-state index in [4.69, 9.17) is 14.2 Å². The number of nitrogens with one attached hydrogen (secondary N) is 1. The Labute approximate surface area is 157 Å².